The minimum atomic E-state index is -2.06. The number of hydrogen-bond donors (Lipinski definition) is 1. The molecule has 0 aliphatic carbocycles. The molecule has 0 aromatic carbocycles. The van der Waals surface area contributed by atoms with Crippen LogP contribution in [0.15, 0.2) is 0 Å². The average Bonchev–Trinajstić information content (AvgIpc) is 1.99. The Bertz CT molecular complexity index is 161. The highest BCUT2D eigenvalue weighted by molar-refractivity contribution is 8.01. The van der Waals surface area contributed by atoms with Crippen LogP contribution in [-0.2, 0) is 14.3 Å². The quantitative estimate of drug-likeness (QED) is 0.632. The molecule has 0 spiro atoms. The number of methoxy groups -OCH3 is 1. The van der Waals surface area contributed by atoms with Crippen LogP contribution < -0.4 is 0 Å². The number of esters is 1. The molecule has 1 unspecified atom stereocenters. The fourth-order valence-electron chi connectivity index (χ4n) is 0.271. The van der Waals surface area contributed by atoms with E-state index in [0.717, 1.165) is 7.11 Å². The monoisotopic (exact) mass is 182 g/mol. The van der Waals surface area contributed by atoms with Crippen molar-refractivity contribution >= 4 is 23.7 Å². The van der Waals surface area contributed by atoms with Crippen molar-refractivity contribution in [3.63, 3.8) is 0 Å². The Hall–Kier alpha value is -0.780. The van der Waals surface area contributed by atoms with Crippen molar-refractivity contribution in [3.8, 4) is 0 Å². The van der Waals surface area contributed by atoms with Gasteiger partial charge in [0.15, 0.2) is 0 Å². The molecule has 0 bridgehead atoms. The van der Waals surface area contributed by atoms with Gasteiger partial charge in [-0.3, -0.25) is 4.79 Å². The van der Waals surface area contributed by atoms with E-state index >= 15 is 0 Å². The van der Waals surface area contributed by atoms with E-state index in [9.17, 15) is 14.0 Å². The van der Waals surface area contributed by atoms with Crippen molar-refractivity contribution in [2.75, 3.05) is 12.9 Å². The molecular formula is C5H7FO4S. The molecule has 0 fully saturated rings. The van der Waals surface area contributed by atoms with E-state index in [1.165, 1.54) is 0 Å². The molecule has 0 aliphatic rings. The Kier molecular flexibility index (Phi) is 4.60. The van der Waals surface area contributed by atoms with Crippen LogP contribution in [-0.4, -0.2) is 35.4 Å². The summed E-state index contributed by atoms with van der Waals surface area (Å²) in [5, 5.41) is 8.02. The maximum atomic E-state index is 12.2. The van der Waals surface area contributed by atoms with Crippen molar-refractivity contribution < 1.29 is 23.8 Å². The first kappa shape index (κ1) is 10.2. The Balaban J connectivity index is 3.54. The van der Waals surface area contributed by atoms with E-state index in [4.69, 9.17) is 5.11 Å². The highest BCUT2D eigenvalue weighted by Gasteiger charge is 2.17. The maximum absolute atomic E-state index is 12.2. The van der Waals surface area contributed by atoms with E-state index < -0.39 is 17.4 Å². The van der Waals surface area contributed by atoms with Crippen molar-refractivity contribution in [2.24, 2.45) is 0 Å². The highest BCUT2D eigenvalue weighted by atomic mass is 32.2. The lowest BCUT2D eigenvalue weighted by Crippen LogP contribution is -2.14. The minimum absolute atomic E-state index is 0.288. The van der Waals surface area contributed by atoms with Gasteiger partial charge >= 0.3 is 11.9 Å². The van der Waals surface area contributed by atoms with Gasteiger partial charge in [-0.15, -0.1) is 11.8 Å². The van der Waals surface area contributed by atoms with Crippen molar-refractivity contribution in [1.29, 1.82) is 0 Å². The molecule has 11 heavy (non-hydrogen) atoms. The molecule has 0 aliphatic heterocycles. The van der Waals surface area contributed by atoms with Gasteiger partial charge in [0.2, 0.25) is 5.50 Å². The number of aliphatic carboxylic acids is 1. The molecule has 6 heteroatoms. The molecule has 1 atom stereocenters. The van der Waals surface area contributed by atoms with Gasteiger partial charge < -0.3 is 9.84 Å². The standard InChI is InChI=1S/C5H7FO4S/c1-10-3(7)2-11-4(6)5(8)9/h4H,2H2,1H3,(H,8,9). The van der Waals surface area contributed by atoms with Crippen LogP contribution in [0.25, 0.3) is 0 Å². The summed E-state index contributed by atoms with van der Waals surface area (Å²) in [5.41, 5.74) is -2.06. The molecular weight excluding hydrogens is 175 g/mol. The third-order valence-corrected chi connectivity index (χ3v) is 1.67. The van der Waals surface area contributed by atoms with Crippen LogP contribution >= 0.6 is 11.8 Å². The SMILES string of the molecule is COC(=O)CSC(F)C(=O)O. The van der Waals surface area contributed by atoms with E-state index in [1.54, 1.807) is 0 Å². The Morgan fingerprint density at radius 1 is 1.73 bits per heavy atom. The molecule has 0 radical (unpaired) electrons. The number of carboxylic acids is 1. The average molecular weight is 182 g/mol. The fraction of sp³-hybridized carbons (Fsp3) is 0.600. The first-order valence-electron chi connectivity index (χ1n) is 2.63. The van der Waals surface area contributed by atoms with Crippen LogP contribution in [0.3, 0.4) is 0 Å². The second kappa shape index (κ2) is 4.95. The van der Waals surface area contributed by atoms with E-state index in [1.807, 2.05) is 0 Å². The zero-order valence-corrected chi connectivity index (χ0v) is 6.56. The minimum Gasteiger partial charge on any atom is -0.478 e. The number of carbonyl (C=O) groups excluding carboxylic acids is 1. The number of hydrogen-bond acceptors (Lipinski definition) is 4. The van der Waals surface area contributed by atoms with Gasteiger partial charge in [0.05, 0.1) is 12.9 Å². The lowest BCUT2D eigenvalue weighted by Gasteiger charge is -2.00. The zero-order valence-electron chi connectivity index (χ0n) is 5.74. The van der Waals surface area contributed by atoms with Gasteiger partial charge in [0.25, 0.3) is 0 Å². The molecule has 64 valence electrons. The molecule has 4 nitrogen and oxygen atoms in total. The van der Waals surface area contributed by atoms with E-state index in [0.29, 0.717) is 11.8 Å². The van der Waals surface area contributed by atoms with Crippen LogP contribution in [0.5, 0.6) is 0 Å². The molecule has 0 aromatic rings. The second-order valence-electron chi connectivity index (χ2n) is 1.54. The summed E-state index contributed by atoms with van der Waals surface area (Å²) in [5.74, 6) is -2.51. The largest absolute Gasteiger partial charge is 0.478 e. The molecule has 0 heterocycles. The predicted octanol–water partition coefficient (Wildman–Crippen LogP) is 0.273. The summed E-state index contributed by atoms with van der Waals surface area (Å²) in [4.78, 5) is 20.2. The van der Waals surface area contributed by atoms with Crippen LogP contribution in [0.2, 0.25) is 0 Å². The predicted molar refractivity (Wildman–Crippen MR) is 37.0 cm³/mol. The lowest BCUT2D eigenvalue weighted by molar-refractivity contribution is -0.139. The summed E-state index contributed by atoms with van der Waals surface area (Å²) in [7, 11) is 1.15. The third kappa shape index (κ3) is 4.60. The van der Waals surface area contributed by atoms with Crippen LogP contribution in [0, 0.1) is 0 Å². The second-order valence-corrected chi connectivity index (χ2v) is 2.58. The number of ether oxygens (including phenoxy) is 1. The van der Waals surface area contributed by atoms with Gasteiger partial charge in [-0.05, 0) is 0 Å². The summed E-state index contributed by atoms with van der Waals surface area (Å²) >= 11 is 0.376. The van der Waals surface area contributed by atoms with Gasteiger partial charge in [-0.1, -0.05) is 0 Å². The van der Waals surface area contributed by atoms with E-state index in [2.05, 4.69) is 4.74 Å². The number of thioether (sulfide) groups is 1. The molecule has 1 N–H and O–H groups in total. The first-order chi connectivity index (χ1) is 5.07. The number of carboxylic acid groups (broad SMARTS) is 1. The maximum Gasteiger partial charge on any atom is 0.348 e. The summed E-state index contributed by atoms with van der Waals surface area (Å²) in [6.45, 7) is 0. The highest BCUT2D eigenvalue weighted by Crippen LogP contribution is 2.11. The normalized spacial score (nSPS) is 12.2. The fourth-order valence-corrected chi connectivity index (χ4v) is 0.814. The van der Waals surface area contributed by atoms with Crippen molar-refractivity contribution in [3.05, 3.63) is 0 Å². The van der Waals surface area contributed by atoms with Crippen LogP contribution in [0.1, 0.15) is 0 Å². The Morgan fingerprint density at radius 3 is 2.64 bits per heavy atom. The molecule has 0 aromatic heterocycles. The first-order valence-corrected chi connectivity index (χ1v) is 3.68. The van der Waals surface area contributed by atoms with Gasteiger partial charge in [-0.25, -0.2) is 9.18 Å². The summed E-state index contributed by atoms with van der Waals surface area (Å²) < 4.78 is 16.3. The number of rotatable bonds is 4. The molecule has 0 saturated heterocycles. The summed E-state index contributed by atoms with van der Waals surface area (Å²) in [6.07, 6.45) is 0. The topological polar surface area (TPSA) is 63.6 Å². The number of alkyl halides is 1. The van der Waals surface area contributed by atoms with Gasteiger partial charge in [0.1, 0.15) is 0 Å². The van der Waals surface area contributed by atoms with E-state index in [-0.39, 0.29) is 5.75 Å². The number of carbonyl (C=O) groups is 2. The van der Waals surface area contributed by atoms with Crippen molar-refractivity contribution in [2.45, 2.75) is 5.50 Å². The van der Waals surface area contributed by atoms with Gasteiger partial charge in [-0.2, -0.15) is 0 Å². The lowest BCUT2D eigenvalue weighted by atomic mass is 10.8. The van der Waals surface area contributed by atoms with Gasteiger partial charge in [0, 0.05) is 0 Å². The smallest absolute Gasteiger partial charge is 0.348 e. The van der Waals surface area contributed by atoms with Crippen LogP contribution in [0.4, 0.5) is 4.39 Å². The Morgan fingerprint density at radius 2 is 2.27 bits per heavy atom. The third-order valence-electron chi connectivity index (χ3n) is 0.769. The molecule has 0 rings (SSSR count). The molecule has 0 saturated carbocycles. The zero-order chi connectivity index (χ0) is 8.85. The Labute approximate surface area is 66.7 Å². The number of halogens is 1. The summed E-state index contributed by atoms with van der Waals surface area (Å²) in [6, 6.07) is 0. The van der Waals surface area contributed by atoms with Crippen molar-refractivity contribution in [1.82, 2.24) is 0 Å². The molecule has 0 amide bonds.